The molecule has 0 aliphatic heterocycles. The lowest BCUT2D eigenvalue weighted by Crippen LogP contribution is -2.49. The normalized spacial score (nSPS) is 12.6. The fourth-order valence-corrected chi connectivity index (χ4v) is 1.95. The Morgan fingerprint density at radius 3 is 2.06 bits per heavy atom. The van der Waals surface area contributed by atoms with Gasteiger partial charge in [-0.05, 0) is 25.2 Å². The summed E-state index contributed by atoms with van der Waals surface area (Å²) in [5.41, 5.74) is 0. The van der Waals surface area contributed by atoms with Crippen LogP contribution in [-0.4, -0.2) is 41.1 Å². The van der Waals surface area contributed by atoms with Crippen molar-refractivity contribution in [3.05, 3.63) is 0 Å². The summed E-state index contributed by atoms with van der Waals surface area (Å²) in [6.45, 7) is 7.90. The fourth-order valence-electron chi connectivity index (χ4n) is 1.95. The number of aliphatic carboxylic acids is 1. The van der Waals surface area contributed by atoms with Gasteiger partial charge in [-0.2, -0.15) is 0 Å². The van der Waals surface area contributed by atoms with Crippen molar-refractivity contribution in [2.75, 3.05) is 7.05 Å². The number of nitrogens with zero attached hydrogens (tertiary/aromatic N) is 1. The molecule has 0 heterocycles. The third-order valence-corrected chi connectivity index (χ3v) is 3.11. The molecule has 0 saturated carbocycles. The van der Waals surface area contributed by atoms with Crippen LogP contribution in [0.3, 0.4) is 0 Å². The van der Waals surface area contributed by atoms with Gasteiger partial charge in [-0.1, -0.05) is 27.7 Å². The maximum atomic E-state index is 12.0. The highest BCUT2D eigenvalue weighted by atomic mass is 16.4. The van der Waals surface area contributed by atoms with Crippen LogP contribution in [0.1, 0.15) is 47.0 Å². The Bertz CT molecular complexity index is 275. The largest absolute Gasteiger partial charge is 0.480 e. The van der Waals surface area contributed by atoms with Crippen molar-refractivity contribution in [3.8, 4) is 0 Å². The summed E-state index contributed by atoms with van der Waals surface area (Å²) in [7, 11) is 1.71. The standard InChI is InChI=1S/C13H26N2O3/c1-6-10(7-2)15(5)13(18)14-11(12(16)17)8-9(3)4/h9-11H,6-8H2,1-5H3,(H,14,18)(H,16,17)/t11-/m0/s1. The van der Waals surface area contributed by atoms with E-state index in [1.54, 1.807) is 11.9 Å². The van der Waals surface area contributed by atoms with Crippen LogP contribution in [0.4, 0.5) is 4.79 Å². The van der Waals surface area contributed by atoms with Gasteiger partial charge in [-0.15, -0.1) is 0 Å². The Balaban J connectivity index is 4.54. The van der Waals surface area contributed by atoms with Gasteiger partial charge in [0.15, 0.2) is 0 Å². The highest BCUT2D eigenvalue weighted by Gasteiger charge is 2.24. The van der Waals surface area contributed by atoms with Gasteiger partial charge in [-0.25, -0.2) is 9.59 Å². The number of carboxylic acid groups (broad SMARTS) is 1. The van der Waals surface area contributed by atoms with Crippen LogP contribution in [0.2, 0.25) is 0 Å². The SMILES string of the molecule is CCC(CC)N(C)C(=O)N[C@@H](CC(C)C)C(=O)O. The van der Waals surface area contributed by atoms with E-state index in [0.717, 1.165) is 12.8 Å². The second-order valence-electron chi connectivity index (χ2n) is 5.05. The van der Waals surface area contributed by atoms with Crippen molar-refractivity contribution in [1.82, 2.24) is 10.2 Å². The third kappa shape index (κ3) is 5.38. The molecule has 0 rings (SSSR count). The minimum atomic E-state index is -0.977. The van der Waals surface area contributed by atoms with Gasteiger partial charge in [0, 0.05) is 13.1 Å². The number of urea groups is 1. The molecule has 0 aliphatic rings. The number of nitrogens with one attached hydrogen (secondary N) is 1. The molecule has 2 N–H and O–H groups in total. The molecule has 0 aromatic heterocycles. The Hall–Kier alpha value is -1.26. The van der Waals surface area contributed by atoms with E-state index >= 15 is 0 Å². The van der Waals surface area contributed by atoms with Crippen LogP contribution in [0.25, 0.3) is 0 Å². The molecule has 0 aromatic rings. The summed E-state index contributed by atoms with van der Waals surface area (Å²) < 4.78 is 0. The van der Waals surface area contributed by atoms with Crippen LogP contribution in [0.15, 0.2) is 0 Å². The average molecular weight is 258 g/mol. The van der Waals surface area contributed by atoms with E-state index in [2.05, 4.69) is 5.32 Å². The quantitative estimate of drug-likeness (QED) is 0.736. The second kappa shape index (κ2) is 7.95. The molecule has 2 amide bonds. The number of hydrogen-bond donors (Lipinski definition) is 2. The number of carbonyl (C=O) groups excluding carboxylic acids is 1. The molecule has 5 heteroatoms. The van der Waals surface area contributed by atoms with Crippen molar-refractivity contribution in [2.24, 2.45) is 5.92 Å². The van der Waals surface area contributed by atoms with Gasteiger partial charge < -0.3 is 15.3 Å². The molecular formula is C13H26N2O3. The van der Waals surface area contributed by atoms with Crippen LogP contribution < -0.4 is 5.32 Å². The Labute approximate surface area is 110 Å². The number of carbonyl (C=O) groups is 2. The molecular weight excluding hydrogens is 232 g/mol. The van der Waals surface area contributed by atoms with Gasteiger partial charge in [0.1, 0.15) is 6.04 Å². The summed E-state index contributed by atoms with van der Waals surface area (Å²) >= 11 is 0. The van der Waals surface area contributed by atoms with E-state index in [4.69, 9.17) is 5.11 Å². The number of carboxylic acids is 1. The number of amides is 2. The molecule has 0 radical (unpaired) electrons. The first-order valence-corrected chi connectivity index (χ1v) is 6.59. The molecule has 0 aromatic carbocycles. The minimum Gasteiger partial charge on any atom is -0.480 e. The summed E-state index contributed by atoms with van der Waals surface area (Å²) in [5.74, 6) is -0.750. The minimum absolute atomic E-state index is 0.151. The highest BCUT2D eigenvalue weighted by molar-refractivity contribution is 5.82. The van der Waals surface area contributed by atoms with Crippen molar-refractivity contribution in [1.29, 1.82) is 0 Å². The Morgan fingerprint density at radius 1 is 1.22 bits per heavy atom. The maximum absolute atomic E-state index is 12.0. The molecule has 0 bridgehead atoms. The second-order valence-corrected chi connectivity index (χ2v) is 5.05. The van der Waals surface area contributed by atoms with E-state index in [-0.39, 0.29) is 18.0 Å². The maximum Gasteiger partial charge on any atom is 0.326 e. The molecule has 0 spiro atoms. The summed E-state index contributed by atoms with van der Waals surface area (Å²) in [5, 5.41) is 11.7. The molecule has 18 heavy (non-hydrogen) atoms. The van der Waals surface area contributed by atoms with Crippen LogP contribution in [0.5, 0.6) is 0 Å². The molecule has 0 aliphatic carbocycles. The molecule has 106 valence electrons. The van der Waals surface area contributed by atoms with Gasteiger partial charge in [0.05, 0.1) is 0 Å². The molecule has 0 unspecified atom stereocenters. The van der Waals surface area contributed by atoms with E-state index in [1.807, 2.05) is 27.7 Å². The third-order valence-electron chi connectivity index (χ3n) is 3.11. The lowest BCUT2D eigenvalue weighted by molar-refractivity contribution is -0.139. The first-order chi connectivity index (χ1) is 8.33. The van der Waals surface area contributed by atoms with Crippen LogP contribution >= 0.6 is 0 Å². The smallest absolute Gasteiger partial charge is 0.326 e. The van der Waals surface area contributed by atoms with Gasteiger partial charge in [0.2, 0.25) is 0 Å². The topological polar surface area (TPSA) is 69.6 Å². The van der Waals surface area contributed by atoms with E-state index in [1.165, 1.54) is 0 Å². The van der Waals surface area contributed by atoms with Crippen LogP contribution in [0, 0.1) is 5.92 Å². The van der Waals surface area contributed by atoms with Gasteiger partial charge in [0.25, 0.3) is 0 Å². The first kappa shape index (κ1) is 16.7. The zero-order chi connectivity index (χ0) is 14.3. The monoisotopic (exact) mass is 258 g/mol. The summed E-state index contributed by atoms with van der Waals surface area (Å²) in [6.07, 6.45) is 2.17. The number of rotatable bonds is 7. The first-order valence-electron chi connectivity index (χ1n) is 6.59. The molecule has 0 fully saturated rings. The van der Waals surface area contributed by atoms with Crippen molar-refractivity contribution in [2.45, 2.75) is 59.0 Å². The van der Waals surface area contributed by atoms with Gasteiger partial charge in [-0.3, -0.25) is 0 Å². The zero-order valence-electron chi connectivity index (χ0n) is 12.1. The predicted octanol–water partition coefficient (Wildman–Crippen LogP) is 2.32. The predicted molar refractivity (Wildman–Crippen MR) is 71.5 cm³/mol. The van der Waals surface area contributed by atoms with E-state index < -0.39 is 12.0 Å². The van der Waals surface area contributed by atoms with Crippen molar-refractivity contribution >= 4 is 12.0 Å². The van der Waals surface area contributed by atoms with Crippen LogP contribution in [-0.2, 0) is 4.79 Å². The average Bonchev–Trinajstić information content (AvgIpc) is 2.28. The Kier molecular flexibility index (Phi) is 7.39. The zero-order valence-corrected chi connectivity index (χ0v) is 12.1. The molecule has 5 nitrogen and oxygen atoms in total. The molecule has 1 atom stereocenters. The van der Waals surface area contributed by atoms with E-state index in [9.17, 15) is 9.59 Å². The summed E-state index contributed by atoms with van der Waals surface area (Å²) in [6, 6.07) is -0.968. The lowest BCUT2D eigenvalue weighted by atomic mass is 10.0. The number of hydrogen-bond acceptors (Lipinski definition) is 2. The molecule has 0 saturated heterocycles. The van der Waals surface area contributed by atoms with Crippen molar-refractivity contribution in [3.63, 3.8) is 0 Å². The fraction of sp³-hybridized carbons (Fsp3) is 0.846. The Morgan fingerprint density at radius 2 is 1.72 bits per heavy atom. The van der Waals surface area contributed by atoms with Gasteiger partial charge >= 0.3 is 12.0 Å². The lowest BCUT2D eigenvalue weighted by Gasteiger charge is -2.28. The highest BCUT2D eigenvalue weighted by Crippen LogP contribution is 2.09. The summed E-state index contributed by atoms with van der Waals surface area (Å²) in [4.78, 5) is 24.6. The van der Waals surface area contributed by atoms with E-state index in [0.29, 0.717) is 6.42 Å². The van der Waals surface area contributed by atoms with Crippen molar-refractivity contribution < 1.29 is 14.7 Å².